The minimum absolute atomic E-state index is 0.162. The van der Waals surface area contributed by atoms with E-state index in [4.69, 9.17) is 4.42 Å². The van der Waals surface area contributed by atoms with Gasteiger partial charge in [0.05, 0.1) is 12.8 Å². The van der Waals surface area contributed by atoms with Crippen LogP contribution in [-0.2, 0) is 19.5 Å². The molecule has 0 saturated heterocycles. The molecule has 0 radical (unpaired) electrons. The first kappa shape index (κ1) is 14.8. The van der Waals surface area contributed by atoms with Crippen LogP contribution < -0.4 is 5.32 Å². The molecule has 0 fully saturated rings. The highest BCUT2D eigenvalue weighted by Crippen LogP contribution is 2.28. The van der Waals surface area contributed by atoms with Gasteiger partial charge in [0.15, 0.2) is 0 Å². The summed E-state index contributed by atoms with van der Waals surface area (Å²) in [4.78, 5) is 16.8. The maximum Gasteiger partial charge on any atom is 0.271 e. The van der Waals surface area contributed by atoms with Crippen molar-refractivity contribution in [2.24, 2.45) is 0 Å². The number of carbonyl (C=O) groups excluding carboxylic acids is 1. The Labute approximate surface area is 140 Å². The minimum Gasteiger partial charge on any atom is -0.467 e. The number of aryl methyl sites for hydroxylation is 1. The van der Waals surface area contributed by atoms with E-state index in [2.05, 4.69) is 39.1 Å². The molecule has 1 N–H and O–H groups in total. The Bertz CT molecular complexity index is 822. The maximum atomic E-state index is 12.3. The predicted octanol–water partition coefficient (Wildman–Crippen LogP) is 3.14. The van der Waals surface area contributed by atoms with Crippen LogP contribution in [0.4, 0.5) is 0 Å². The Hall–Kier alpha value is -2.82. The molecule has 5 nitrogen and oxygen atoms in total. The molecule has 122 valence electrons. The zero-order valence-electron chi connectivity index (χ0n) is 13.3. The van der Waals surface area contributed by atoms with Crippen molar-refractivity contribution in [3.8, 4) is 0 Å². The highest BCUT2D eigenvalue weighted by molar-refractivity contribution is 5.92. The molecule has 3 heterocycles. The average molecular weight is 321 g/mol. The molecular formula is C19H19N3O2. The standard InChI is InChI=1S/C19H19N3O2/c23-19(20-11-16-7-4-10-24-16)17-13-22-12-15(8-9-18(22)21-17)14-5-2-1-3-6-14/h1-7,10,13,15H,8-9,11-12H2,(H,20,23)/t15-/m1/s1. The van der Waals surface area contributed by atoms with Crippen molar-refractivity contribution in [2.45, 2.75) is 31.8 Å². The molecule has 0 spiro atoms. The van der Waals surface area contributed by atoms with E-state index in [-0.39, 0.29) is 5.91 Å². The molecule has 1 aliphatic heterocycles. The number of carbonyl (C=O) groups is 1. The van der Waals surface area contributed by atoms with E-state index >= 15 is 0 Å². The molecule has 24 heavy (non-hydrogen) atoms. The molecule has 1 aromatic carbocycles. The number of hydrogen-bond acceptors (Lipinski definition) is 3. The van der Waals surface area contributed by atoms with E-state index in [9.17, 15) is 4.79 Å². The number of nitrogens with one attached hydrogen (secondary N) is 1. The van der Waals surface area contributed by atoms with Gasteiger partial charge in [-0.15, -0.1) is 0 Å². The third-order valence-electron chi connectivity index (χ3n) is 4.50. The lowest BCUT2D eigenvalue weighted by Gasteiger charge is -2.23. The normalized spacial score (nSPS) is 16.6. The summed E-state index contributed by atoms with van der Waals surface area (Å²) in [6.07, 6.45) is 5.42. The predicted molar refractivity (Wildman–Crippen MR) is 89.6 cm³/mol. The first-order valence-corrected chi connectivity index (χ1v) is 8.21. The number of nitrogens with zero attached hydrogens (tertiary/aromatic N) is 2. The molecule has 4 rings (SSSR count). The van der Waals surface area contributed by atoms with Crippen LogP contribution in [0.3, 0.4) is 0 Å². The van der Waals surface area contributed by atoms with E-state index < -0.39 is 0 Å². The van der Waals surface area contributed by atoms with Crippen molar-refractivity contribution in [1.29, 1.82) is 0 Å². The number of benzene rings is 1. The fourth-order valence-electron chi connectivity index (χ4n) is 3.22. The lowest BCUT2D eigenvalue weighted by atomic mass is 9.92. The van der Waals surface area contributed by atoms with E-state index in [0.29, 0.717) is 18.2 Å². The summed E-state index contributed by atoms with van der Waals surface area (Å²) in [7, 11) is 0. The Morgan fingerprint density at radius 1 is 1.25 bits per heavy atom. The Kier molecular flexibility index (Phi) is 3.91. The zero-order chi connectivity index (χ0) is 16.4. The van der Waals surface area contributed by atoms with E-state index in [1.807, 2.05) is 18.3 Å². The molecule has 1 atom stereocenters. The van der Waals surface area contributed by atoms with Gasteiger partial charge in [-0.2, -0.15) is 0 Å². The molecular weight excluding hydrogens is 302 g/mol. The summed E-state index contributed by atoms with van der Waals surface area (Å²) in [5.41, 5.74) is 1.82. The molecule has 1 aliphatic rings. The second-order valence-corrected chi connectivity index (χ2v) is 6.10. The van der Waals surface area contributed by atoms with Crippen LogP contribution in [0, 0.1) is 0 Å². The Morgan fingerprint density at radius 3 is 2.92 bits per heavy atom. The van der Waals surface area contributed by atoms with Crippen molar-refractivity contribution < 1.29 is 9.21 Å². The molecule has 5 heteroatoms. The number of hydrogen-bond donors (Lipinski definition) is 1. The zero-order valence-corrected chi connectivity index (χ0v) is 13.3. The average Bonchev–Trinajstić information content (AvgIpc) is 3.29. The van der Waals surface area contributed by atoms with Crippen molar-refractivity contribution in [3.05, 3.63) is 77.8 Å². The number of amides is 1. The van der Waals surface area contributed by atoms with Gasteiger partial charge in [0.25, 0.3) is 5.91 Å². The van der Waals surface area contributed by atoms with Gasteiger partial charge in [0.2, 0.25) is 0 Å². The largest absolute Gasteiger partial charge is 0.467 e. The van der Waals surface area contributed by atoms with Gasteiger partial charge in [0, 0.05) is 25.1 Å². The van der Waals surface area contributed by atoms with Crippen LogP contribution in [0.25, 0.3) is 0 Å². The van der Waals surface area contributed by atoms with Gasteiger partial charge in [-0.3, -0.25) is 4.79 Å². The molecule has 0 unspecified atom stereocenters. The Morgan fingerprint density at radius 2 is 2.12 bits per heavy atom. The summed E-state index contributed by atoms with van der Waals surface area (Å²) in [6, 6.07) is 14.2. The first-order valence-electron chi connectivity index (χ1n) is 8.21. The summed E-state index contributed by atoms with van der Waals surface area (Å²) >= 11 is 0. The van der Waals surface area contributed by atoms with Crippen LogP contribution in [0.5, 0.6) is 0 Å². The monoisotopic (exact) mass is 321 g/mol. The number of fused-ring (bicyclic) bond motifs is 1. The molecule has 0 saturated carbocycles. The van der Waals surface area contributed by atoms with Gasteiger partial charge in [-0.05, 0) is 24.1 Å². The second-order valence-electron chi connectivity index (χ2n) is 6.10. The van der Waals surface area contributed by atoms with Gasteiger partial charge in [-0.1, -0.05) is 30.3 Å². The SMILES string of the molecule is O=C(NCc1ccco1)c1cn2c(n1)CC[C@@H](c1ccccc1)C2. The van der Waals surface area contributed by atoms with Gasteiger partial charge in [0.1, 0.15) is 17.3 Å². The second kappa shape index (κ2) is 6.35. The van der Waals surface area contributed by atoms with Crippen molar-refractivity contribution in [1.82, 2.24) is 14.9 Å². The van der Waals surface area contributed by atoms with Gasteiger partial charge < -0.3 is 14.3 Å². The van der Waals surface area contributed by atoms with Crippen molar-refractivity contribution in [3.63, 3.8) is 0 Å². The topological polar surface area (TPSA) is 60.1 Å². The highest BCUT2D eigenvalue weighted by Gasteiger charge is 2.23. The van der Waals surface area contributed by atoms with E-state index in [1.54, 1.807) is 12.3 Å². The van der Waals surface area contributed by atoms with Crippen molar-refractivity contribution in [2.75, 3.05) is 0 Å². The fourth-order valence-corrected chi connectivity index (χ4v) is 3.22. The molecule has 0 aliphatic carbocycles. The number of furan rings is 1. The van der Waals surface area contributed by atoms with Crippen LogP contribution in [0.2, 0.25) is 0 Å². The lowest BCUT2D eigenvalue weighted by molar-refractivity contribution is 0.0943. The Balaban J connectivity index is 1.45. The minimum atomic E-state index is -0.162. The highest BCUT2D eigenvalue weighted by atomic mass is 16.3. The lowest BCUT2D eigenvalue weighted by Crippen LogP contribution is -2.22. The van der Waals surface area contributed by atoms with Gasteiger partial charge in [-0.25, -0.2) is 4.98 Å². The van der Waals surface area contributed by atoms with Crippen LogP contribution >= 0.6 is 0 Å². The molecule has 0 bridgehead atoms. The summed E-state index contributed by atoms with van der Waals surface area (Å²) < 4.78 is 7.34. The molecule has 3 aromatic rings. The maximum absolute atomic E-state index is 12.3. The quantitative estimate of drug-likeness (QED) is 0.803. The van der Waals surface area contributed by atoms with E-state index in [0.717, 1.165) is 31.0 Å². The smallest absolute Gasteiger partial charge is 0.271 e. The number of imidazole rings is 1. The number of aromatic nitrogens is 2. The third kappa shape index (κ3) is 2.97. The summed E-state index contributed by atoms with van der Waals surface area (Å²) in [5.74, 6) is 2.04. The van der Waals surface area contributed by atoms with E-state index in [1.165, 1.54) is 5.56 Å². The number of rotatable bonds is 4. The van der Waals surface area contributed by atoms with Gasteiger partial charge >= 0.3 is 0 Å². The van der Waals surface area contributed by atoms with Crippen molar-refractivity contribution >= 4 is 5.91 Å². The van der Waals surface area contributed by atoms with Crippen LogP contribution in [0.1, 0.15) is 40.0 Å². The van der Waals surface area contributed by atoms with Crippen LogP contribution in [0.15, 0.2) is 59.3 Å². The fraction of sp³-hybridized carbons (Fsp3) is 0.263. The molecule has 2 aromatic heterocycles. The summed E-state index contributed by atoms with van der Waals surface area (Å²) in [5, 5.41) is 2.84. The first-order chi connectivity index (χ1) is 11.8. The summed E-state index contributed by atoms with van der Waals surface area (Å²) in [6.45, 7) is 1.25. The molecule has 1 amide bonds. The third-order valence-corrected chi connectivity index (χ3v) is 4.50. The van der Waals surface area contributed by atoms with Crippen LogP contribution in [-0.4, -0.2) is 15.5 Å².